The number of aromatic nitrogens is 3. The Morgan fingerprint density at radius 3 is 2.77 bits per heavy atom. The standard InChI is InChI=1S/C21H22N4O6/c1-13-9-18(26)20(21(28)24(13)8-7-14-11-22-12-23-14)16(10-19(27)31-2)15-5-3-4-6-17(15)25(29)30/h3-6,9,11-12,16,26H,7-8,10H2,1-2H3,(H,22,23)/t16-/m1/s1. The molecule has 2 N–H and O–H groups in total. The number of ether oxygens (including phenoxy) is 1. The lowest BCUT2D eigenvalue weighted by atomic mass is 9.87. The highest BCUT2D eigenvalue weighted by molar-refractivity contribution is 5.72. The normalized spacial score (nSPS) is 11.8. The Bertz CT molecular complexity index is 1150. The van der Waals surface area contributed by atoms with E-state index in [0.29, 0.717) is 18.7 Å². The number of nitro groups is 1. The number of benzene rings is 1. The third kappa shape index (κ3) is 4.63. The first kappa shape index (κ1) is 21.8. The van der Waals surface area contributed by atoms with E-state index < -0.39 is 22.4 Å². The van der Waals surface area contributed by atoms with Gasteiger partial charge in [-0.15, -0.1) is 0 Å². The fourth-order valence-electron chi connectivity index (χ4n) is 3.59. The molecule has 10 heteroatoms. The van der Waals surface area contributed by atoms with Gasteiger partial charge in [-0.05, 0) is 13.0 Å². The van der Waals surface area contributed by atoms with E-state index in [1.165, 1.54) is 42.3 Å². The van der Waals surface area contributed by atoms with Gasteiger partial charge in [-0.1, -0.05) is 18.2 Å². The zero-order chi connectivity index (χ0) is 22.5. The highest BCUT2D eigenvalue weighted by atomic mass is 16.6. The van der Waals surface area contributed by atoms with Crippen LogP contribution >= 0.6 is 0 Å². The van der Waals surface area contributed by atoms with Gasteiger partial charge < -0.3 is 19.4 Å². The number of esters is 1. The van der Waals surface area contributed by atoms with E-state index in [1.54, 1.807) is 19.2 Å². The number of carbonyl (C=O) groups is 1. The number of para-hydroxylation sites is 1. The van der Waals surface area contributed by atoms with Crippen molar-refractivity contribution in [2.24, 2.45) is 0 Å². The summed E-state index contributed by atoms with van der Waals surface area (Å²) in [5.74, 6) is -2.04. The van der Waals surface area contributed by atoms with Gasteiger partial charge in [0, 0.05) is 48.1 Å². The summed E-state index contributed by atoms with van der Waals surface area (Å²) < 4.78 is 6.21. The predicted molar refractivity (Wildman–Crippen MR) is 111 cm³/mol. The van der Waals surface area contributed by atoms with Crippen LogP contribution in [0.4, 0.5) is 5.69 Å². The topological polar surface area (TPSA) is 140 Å². The second-order valence-corrected chi connectivity index (χ2v) is 7.02. The Hall–Kier alpha value is -3.95. The van der Waals surface area contributed by atoms with E-state index in [9.17, 15) is 24.8 Å². The number of aromatic amines is 1. The van der Waals surface area contributed by atoms with E-state index in [0.717, 1.165) is 5.69 Å². The van der Waals surface area contributed by atoms with Crippen LogP contribution < -0.4 is 5.56 Å². The van der Waals surface area contributed by atoms with Gasteiger partial charge in [0.15, 0.2) is 0 Å². The second kappa shape index (κ2) is 9.24. The number of carbonyl (C=O) groups excluding carboxylic acids is 1. The van der Waals surface area contributed by atoms with Crippen LogP contribution in [-0.2, 0) is 22.5 Å². The summed E-state index contributed by atoms with van der Waals surface area (Å²) in [5, 5.41) is 22.2. The van der Waals surface area contributed by atoms with Crippen molar-refractivity contribution in [2.75, 3.05) is 7.11 Å². The molecule has 0 amide bonds. The van der Waals surface area contributed by atoms with Crippen molar-refractivity contribution in [3.05, 3.63) is 85.8 Å². The number of pyridine rings is 1. The lowest BCUT2D eigenvalue weighted by Gasteiger charge is -2.20. The van der Waals surface area contributed by atoms with Crippen molar-refractivity contribution >= 4 is 11.7 Å². The number of nitro benzene ring substituents is 1. The van der Waals surface area contributed by atoms with Crippen molar-refractivity contribution in [3.63, 3.8) is 0 Å². The smallest absolute Gasteiger partial charge is 0.306 e. The maximum absolute atomic E-state index is 13.4. The zero-order valence-corrected chi connectivity index (χ0v) is 17.1. The van der Waals surface area contributed by atoms with Gasteiger partial charge in [0.2, 0.25) is 0 Å². The Kier molecular flexibility index (Phi) is 6.49. The van der Waals surface area contributed by atoms with E-state index in [4.69, 9.17) is 4.74 Å². The van der Waals surface area contributed by atoms with Crippen molar-refractivity contribution in [1.29, 1.82) is 0 Å². The van der Waals surface area contributed by atoms with Crippen molar-refractivity contribution in [1.82, 2.24) is 14.5 Å². The number of hydrogen-bond acceptors (Lipinski definition) is 7. The second-order valence-electron chi connectivity index (χ2n) is 7.02. The number of rotatable bonds is 8. The van der Waals surface area contributed by atoms with E-state index in [1.807, 2.05) is 0 Å². The quantitative estimate of drug-likeness (QED) is 0.320. The Morgan fingerprint density at radius 2 is 2.13 bits per heavy atom. The van der Waals surface area contributed by atoms with Crippen LogP contribution in [0.5, 0.6) is 5.75 Å². The lowest BCUT2D eigenvalue weighted by molar-refractivity contribution is -0.385. The molecule has 3 rings (SSSR count). The SMILES string of the molecule is COC(=O)C[C@H](c1ccccc1[N+](=O)[O-])c1c(O)cc(C)n(CCc2cnc[nH]2)c1=O. The molecule has 0 saturated carbocycles. The molecule has 162 valence electrons. The number of aryl methyl sites for hydroxylation is 2. The minimum Gasteiger partial charge on any atom is -0.507 e. The maximum Gasteiger partial charge on any atom is 0.306 e. The highest BCUT2D eigenvalue weighted by Crippen LogP contribution is 2.37. The van der Waals surface area contributed by atoms with Crippen LogP contribution in [0.25, 0.3) is 0 Å². The van der Waals surface area contributed by atoms with Crippen molar-refractivity contribution < 1.29 is 19.6 Å². The van der Waals surface area contributed by atoms with Crippen molar-refractivity contribution in [2.45, 2.75) is 32.2 Å². The summed E-state index contributed by atoms with van der Waals surface area (Å²) in [4.78, 5) is 43.4. The molecule has 10 nitrogen and oxygen atoms in total. The molecule has 0 aliphatic rings. The molecule has 0 aliphatic heterocycles. The molecule has 31 heavy (non-hydrogen) atoms. The summed E-state index contributed by atoms with van der Waals surface area (Å²) in [6, 6.07) is 7.26. The number of aromatic hydroxyl groups is 1. The molecule has 2 aromatic heterocycles. The minimum atomic E-state index is -1.06. The Labute approximate surface area is 177 Å². The number of imidazole rings is 1. The molecule has 1 aromatic carbocycles. The molecule has 0 spiro atoms. The summed E-state index contributed by atoms with van der Waals surface area (Å²) in [5.41, 5.74) is 0.629. The van der Waals surface area contributed by atoms with Crippen LogP contribution in [0, 0.1) is 17.0 Å². The fraction of sp³-hybridized carbons (Fsp3) is 0.286. The van der Waals surface area contributed by atoms with E-state index >= 15 is 0 Å². The molecular formula is C21H22N4O6. The average Bonchev–Trinajstić information content (AvgIpc) is 3.26. The average molecular weight is 426 g/mol. The molecule has 2 heterocycles. The fourth-order valence-corrected chi connectivity index (χ4v) is 3.59. The molecule has 0 saturated heterocycles. The number of nitrogens with one attached hydrogen (secondary N) is 1. The molecule has 0 bridgehead atoms. The Balaban J connectivity index is 2.15. The minimum absolute atomic E-state index is 0.0880. The summed E-state index contributed by atoms with van der Waals surface area (Å²) in [6.45, 7) is 1.97. The van der Waals surface area contributed by atoms with E-state index in [2.05, 4.69) is 9.97 Å². The van der Waals surface area contributed by atoms with Gasteiger partial charge in [0.05, 0.1) is 30.3 Å². The largest absolute Gasteiger partial charge is 0.507 e. The van der Waals surface area contributed by atoms with Gasteiger partial charge in [-0.2, -0.15) is 0 Å². The Morgan fingerprint density at radius 1 is 1.39 bits per heavy atom. The van der Waals surface area contributed by atoms with Gasteiger partial charge in [-0.3, -0.25) is 19.7 Å². The monoisotopic (exact) mass is 426 g/mol. The third-order valence-electron chi connectivity index (χ3n) is 5.14. The lowest BCUT2D eigenvalue weighted by Crippen LogP contribution is -2.29. The number of H-pyrrole nitrogens is 1. The summed E-state index contributed by atoms with van der Waals surface area (Å²) in [7, 11) is 1.19. The first-order valence-electron chi connectivity index (χ1n) is 9.54. The van der Waals surface area contributed by atoms with Gasteiger partial charge in [0.1, 0.15) is 5.75 Å². The van der Waals surface area contributed by atoms with Gasteiger partial charge >= 0.3 is 5.97 Å². The number of methoxy groups -OCH3 is 1. The summed E-state index contributed by atoms with van der Waals surface area (Å²) >= 11 is 0. The number of nitrogens with zero attached hydrogens (tertiary/aromatic N) is 3. The molecular weight excluding hydrogens is 404 g/mol. The highest BCUT2D eigenvalue weighted by Gasteiger charge is 2.31. The van der Waals surface area contributed by atoms with Crippen LogP contribution in [0.1, 0.15) is 34.9 Å². The third-order valence-corrected chi connectivity index (χ3v) is 5.14. The van der Waals surface area contributed by atoms with Crippen LogP contribution in [0.15, 0.2) is 47.7 Å². The molecule has 1 atom stereocenters. The molecule has 0 fully saturated rings. The summed E-state index contributed by atoms with van der Waals surface area (Å²) in [6.07, 6.45) is 3.33. The van der Waals surface area contributed by atoms with Crippen LogP contribution in [0.2, 0.25) is 0 Å². The molecule has 3 aromatic rings. The predicted octanol–water partition coefficient (Wildman–Crippen LogP) is 2.43. The first-order chi connectivity index (χ1) is 14.8. The van der Waals surface area contributed by atoms with Crippen LogP contribution in [0.3, 0.4) is 0 Å². The molecule has 0 radical (unpaired) electrons. The van der Waals surface area contributed by atoms with Gasteiger partial charge in [-0.25, -0.2) is 4.98 Å². The van der Waals surface area contributed by atoms with Crippen LogP contribution in [-0.4, -0.2) is 37.6 Å². The maximum atomic E-state index is 13.4. The molecule has 0 unspecified atom stereocenters. The molecule has 0 aliphatic carbocycles. The number of hydrogen-bond donors (Lipinski definition) is 2. The zero-order valence-electron chi connectivity index (χ0n) is 17.1. The first-order valence-corrected chi connectivity index (χ1v) is 9.54. The van der Waals surface area contributed by atoms with Gasteiger partial charge in [0.25, 0.3) is 11.2 Å². The van der Waals surface area contributed by atoms with Crippen molar-refractivity contribution in [3.8, 4) is 5.75 Å². The van der Waals surface area contributed by atoms with E-state index in [-0.39, 0.29) is 29.0 Å².